The van der Waals surface area contributed by atoms with Gasteiger partial charge in [0.05, 0.1) is 4.24 Å². The maximum atomic E-state index is 12.9. The van der Waals surface area contributed by atoms with Crippen LogP contribution in [-0.4, -0.2) is 15.9 Å². The van der Waals surface area contributed by atoms with E-state index in [0.29, 0.717) is 0 Å². The molecule has 106 valence electrons. The van der Waals surface area contributed by atoms with Gasteiger partial charge < -0.3 is 0 Å². The van der Waals surface area contributed by atoms with E-state index in [9.17, 15) is 4.79 Å². The van der Waals surface area contributed by atoms with Crippen LogP contribution in [0.25, 0.3) is 5.57 Å². The van der Waals surface area contributed by atoms with Crippen molar-refractivity contribution in [3.63, 3.8) is 0 Å². The maximum absolute atomic E-state index is 12.9. The molecule has 0 aliphatic carbocycles. The van der Waals surface area contributed by atoms with E-state index in [1.54, 1.807) is 35.9 Å². The predicted octanol–water partition coefficient (Wildman–Crippen LogP) is 4.69. The summed E-state index contributed by atoms with van der Waals surface area (Å²) in [6.45, 7) is 4.10. The summed E-state index contributed by atoms with van der Waals surface area (Å²) in [5, 5.41) is 1.02. The predicted molar refractivity (Wildman–Crippen MR) is 91.5 cm³/mol. The van der Waals surface area contributed by atoms with Crippen molar-refractivity contribution in [2.75, 3.05) is 5.08 Å². The summed E-state index contributed by atoms with van der Waals surface area (Å²) in [5.74, 6) is 0.0963. The van der Waals surface area contributed by atoms with Gasteiger partial charge >= 0.3 is 0 Å². The highest BCUT2D eigenvalue weighted by Gasteiger charge is 2.24. The molecule has 1 aliphatic heterocycles. The molecule has 0 amide bonds. The number of aromatic nitrogens is 1. The van der Waals surface area contributed by atoms with Crippen LogP contribution < -0.4 is 0 Å². The van der Waals surface area contributed by atoms with Crippen LogP contribution in [0.5, 0.6) is 0 Å². The fraction of sp³-hybridized carbons (Fsp3) is 0.176. The molecule has 3 rings (SSSR count). The number of thioether (sulfide) groups is 2. The minimum atomic E-state index is 0.0963. The average Bonchev–Trinajstić information content (AvgIpc) is 2.46. The molecule has 0 spiro atoms. The van der Waals surface area contributed by atoms with E-state index >= 15 is 0 Å². The number of benzene rings is 1. The van der Waals surface area contributed by atoms with Crippen LogP contribution >= 0.6 is 23.5 Å². The lowest BCUT2D eigenvalue weighted by atomic mass is 9.96. The standard InChI is InChI=1S/C17H15NOS2/c1-11-3-4-14(9-12(11)2)16(19)15(17-20-10-21-17)13-5-7-18-8-6-13/h3-9H,10H2,1-2H3. The number of nitrogens with zero attached hydrogens (tertiary/aromatic N) is 1. The van der Waals surface area contributed by atoms with Gasteiger partial charge in [0.1, 0.15) is 0 Å². The van der Waals surface area contributed by atoms with Gasteiger partial charge in [-0.15, -0.1) is 23.5 Å². The molecule has 0 unspecified atom stereocenters. The summed E-state index contributed by atoms with van der Waals surface area (Å²) >= 11 is 3.48. The monoisotopic (exact) mass is 313 g/mol. The fourth-order valence-corrected chi connectivity index (χ4v) is 3.80. The van der Waals surface area contributed by atoms with Crippen molar-refractivity contribution in [2.24, 2.45) is 0 Å². The Balaban J connectivity index is 2.05. The SMILES string of the molecule is Cc1ccc(C(=O)C(=C2SCS2)c2ccncc2)cc1C. The number of allylic oxidation sites excluding steroid dienone is 1. The van der Waals surface area contributed by atoms with Crippen LogP contribution in [-0.2, 0) is 0 Å². The van der Waals surface area contributed by atoms with Crippen molar-refractivity contribution >= 4 is 34.9 Å². The molecule has 1 aromatic heterocycles. The number of ketones is 1. The zero-order chi connectivity index (χ0) is 14.8. The van der Waals surface area contributed by atoms with E-state index in [1.165, 1.54) is 5.56 Å². The number of pyridine rings is 1. The Morgan fingerprint density at radius 1 is 1.00 bits per heavy atom. The summed E-state index contributed by atoms with van der Waals surface area (Å²) < 4.78 is 1.12. The number of carbonyl (C=O) groups is 1. The minimum absolute atomic E-state index is 0.0963. The van der Waals surface area contributed by atoms with Crippen molar-refractivity contribution in [1.29, 1.82) is 0 Å². The highest BCUT2D eigenvalue weighted by atomic mass is 32.3. The third-order valence-electron chi connectivity index (χ3n) is 3.55. The van der Waals surface area contributed by atoms with Crippen LogP contribution in [0, 0.1) is 13.8 Å². The summed E-state index contributed by atoms with van der Waals surface area (Å²) in [5.41, 5.74) is 4.86. The molecule has 4 heteroatoms. The molecular weight excluding hydrogens is 298 g/mol. The lowest BCUT2D eigenvalue weighted by Crippen LogP contribution is -2.07. The Bertz CT molecular complexity index is 717. The third-order valence-corrected chi connectivity index (χ3v) is 6.13. The number of hydrogen-bond donors (Lipinski definition) is 0. The van der Waals surface area contributed by atoms with Crippen LogP contribution in [0.15, 0.2) is 47.0 Å². The third kappa shape index (κ3) is 2.92. The molecule has 21 heavy (non-hydrogen) atoms. The number of hydrogen-bond acceptors (Lipinski definition) is 4. The topological polar surface area (TPSA) is 30.0 Å². The Hall–Kier alpha value is -1.52. The van der Waals surface area contributed by atoms with Gasteiger partial charge in [-0.25, -0.2) is 0 Å². The van der Waals surface area contributed by atoms with Gasteiger partial charge in [0.15, 0.2) is 5.78 Å². The molecule has 0 bridgehead atoms. The first-order valence-electron chi connectivity index (χ1n) is 6.69. The van der Waals surface area contributed by atoms with Crippen molar-refractivity contribution in [3.05, 3.63) is 69.2 Å². The van der Waals surface area contributed by atoms with Gasteiger partial charge in [0.25, 0.3) is 0 Å². The van der Waals surface area contributed by atoms with E-state index in [4.69, 9.17) is 0 Å². The maximum Gasteiger partial charge on any atom is 0.195 e. The minimum Gasteiger partial charge on any atom is -0.289 e. The molecule has 0 atom stereocenters. The molecule has 1 aliphatic rings. The van der Waals surface area contributed by atoms with Crippen LogP contribution in [0.2, 0.25) is 0 Å². The second-order valence-electron chi connectivity index (χ2n) is 4.93. The summed E-state index contributed by atoms with van der Waals surface area (Å²) in [4.78, 5) is 17.0. The Labute approximate surface area is 133 Å². The van der Waals surface area contributed by atoms with Crippen molar-refractivity contribution in [1.82, 2.24) is 4.98 Å². The molecule has 1 saturated heterocycles. The number of carbonyl (C=O) groups excluding carboxylic acids is 1. The lowest BCUT2D eigenvalue weighted by molar-refractivity contribution is 0.105. The summed E-state index contributed by atoms with van der Waals surface area (Å²) in [6.07, 6.45) is 3.47. The highest BCUT2D eigenvalue weighted by molar-refractivity contribution is 8.37. The molecule has 2 heterocycles. The zero-order valence-corrected chi connectivity index (χ0v) is 13.6. The van der Waals surface area contributed by atoms with Gasteiger partial charge in [-0.3, -0.25) is 9.78 Å². The van der Waals surface area contributed by atoms with Gasteiger partial charge in [0, 0.05) is 28.6 Å². The molecule has 0 saturated carbocycles. The van der Waals surface area contributed by atoms with E-state index in [0.717, 1.165) is 31.6 Å². The molecular formula is C17H15NOS2. The molecule has 2 aromatic rings. The molecule has 1 aromatic carbocycles. The van der Waals surface area contributed by atoms with Gasteiger partial charge in [-0.1, -0.05) is 12.1 Å². The normalized spacial score (nSPS) is 13.7. The summed E-state index contributed by atoms with van der Waals surface area (Å²) in [7, 11) is 0. The Kier molecular flexibility index (Phi) is 4.17. The number of rotatable bonds is 3. The lowest BCUT2D eigenvalue weighted by Gasteiger charge is -2.20. The van der Waals surface area contributed by atoms with Crippen LogP contribution in [0.4, 0.5) is 0 Å². The Morgan fingerprint density at radius 2 is 1.71 bits per heavy atom. The first kappa shape index (κ1) is 14.4. The van der Waals surface area contributed by atoms with Crippen molar-refractivity contribution < 1.29 is 4.79 Å². The van der Waals surface area contributed by atoms with E-state index in [-0.39, 0.29) is 5.78 Å². The number of aryl methyl sites for hydroxylation is 2. The van der Waals surface area contributed by atoms with E-state index in [1.807, 2.05) is 37.3 Å². The highest BCUT2D eigenvalue weighted by Crippen LogP contribution is 2.48. The van der Waals surface area contributed by atoms with Gasteiger partial charge in [-0.05, 0) is 48.7 Å². The zero-order valence-electron chi connectivity index (χ0n) is 11.9. The number of Topliss-reactive ketones (excluding diaryl/α,β-unsaturated/α-hetero) is 1. The second kappa shape index (κ2) is 6.08. The van der Waals surface area contributed by atoms with Crippen LogP contribution in [0.1, 0.15) is 27.0 Å². The quantitative estimate of drug-likeness (QED) is 0.607. The molecule has 1 fully saturated rings. The molecule has 0 N–H and O–H groups in total. The van der Waals surface area contributed by atoms with Crippen LogP contribution in [0.3, 0.4) is 0 Å². The molecule has 2 nitrogen and oxygen atoms in total. The molecule has 0 radical (unpaired) electrons. The smallest absolute Gasteiger partial charge is 0.195 e. The van der Waals surface area contributed by atoms with Gasteiger partial charge in [0.2, 0.25) is 0 Å². The van der Waals surface area contributed by atoms with E-state index < -0.39 is 0 Å². The average molecular weight is 313 g/mol. The van der Waals surface area contributed by atoms with Gasteiger partial charge in [-0.2, -0.15) is 0 Å². The van der Waals surface area contributed by atoms with E-state index in [2.05, 4.69) is 11.9 Å². The second-order valence-corrected chi connectivity index (χ2v) is 7.53. The fourth-order valence-electron chi connectivity index (χ4n) is 2.15. The first-order chi connectivity index (χ1) is 10.2. The van der Waals surface area contributed by atoms with Crippen molar-refractivity contribution in [2.45, 2.75) is 13.8 Å². The largest absolute Gasteiger partial charge is 0.289 e. The first-order valence-corrected chi connectivity index (χ1v) is 8.66. The van der Waals surface area contributed by atoms with Crippen molar-refractivity contribution in [3.8, 4) is 0 Å². The Morgan fingerprint density at radius 3 is 2.29 bits per heavy atom. The summed E-state index contributed by atoms with van der Waals surface area (Å²) in [6, 6.07) is 9.72.